The number of hydrogen-bond acceptors (Lipinski definition) is 3. The van der Waals surface area contributed by atoms with Crippen LogP contribution in [0, 0.1) is 10.5 Å². The summed E-state index contributed by atoms with van der Waals surface area (Å²) < 4.78 is 2.40. The number of piperidine rings is 1. The lowest BCUT2D eigenvalue weighted by atomic mass is 9.87. The van der Waals surface area contributed by atoms with Gasteiger partial charge in [0.15, 0.2) is 0 Å². The lowest BCUT2D eigenvalue weighted by molar-refractivity contribution is 0.210. The fourth-order valence-corrected chi connectivity index (χ4v) is 6.19. The van der Waals surface area contributed by atoms with Crippen LogP contribution in [0.2, 0.25) is 0 Å². The second kappa shape index (κ2) is 10.3. The van der Waals surface area contributed by atoms with E-state index in [0.29, 0.717) is 5.92 Å². The molecule has 164 valence electrons. The van der Waals surface area contributed by atoms with Gasteiger partial charge in [0, 0.05) is 24.5 Å². The lowest BCUT2D eigenvalue weighted by Gasteiger charge is -2.32. The van der Waals surface area contributed by atoms with E-state index in [4.69, 9.17) is 0 Å². The number of nitrogens with one attached hydrogen (secondary N) is 2. The summed E-state index contributed by atoms with van der Waals surface area (Å²) in [6.07, 6.45) is 5.01. The van der Waals surface area contributed by atoms with Crippen LogP contribution in [0.1, 0.15) is 49.0 Å². The molecule has 4 nitrogen and oxygen atoms in total. The predicted octanol–water partition coefficient (Wildman–Crippen LogP) is 7.44. The van der Waals surface area contributed by atoms with Gasteiger partial charge in [-0.2, -0.15) is 0 Å². The van der Waals surface area contributed by atoms with Crippen LogP contribution in [0.15, 0.2) is 42.5 Å². The maximum absolute atomic E-state index is 12.5. The van der Waals surface area contributed by atoms with Crippen molar-refractivity contribution >= 4 is 61.4 Å². The first-order valence-corrected chi connectivity index (χ1v) is 13.0. The van der Waals surface area contributed by atoms with Gasteiger partial charge in [-0.15, -0.1) is 11.3 Å². The Kier molecular flexibility index (Phi) is 7.51. The Morgan fingerprint density at radius 3 is 2.58 bits per heavy atom. The Bertz CT molecular complexity index is 1060. The predicted molar refractivity (Wildman–Crippen MR) is 142 cm³/mol. The van der Waals surface area contributed by atoms with Crippen LogP contribution in [0.4, 0.5) is 16.2 Å². The quantitative estimate of drug-likeness (QED) is 0.315. The van der Waals surface area contributed by atoms with E-state index in [2.05, 4.69) is 64.1 Å². The van der Waals surface area contributed by atoms with E-state index in [1.807, 2.05) is 41.7 Å². The zero-order valence-corrected chi connectivity index (χ0v) is 21.2. The second-order valence-corrected chi connectivity index (χ2v) is 10.8. The van der Waals surface area contributed by atoms with Crippen molar-refractivity contribution in [3.8, 4) is 0 Å². The van der Waals surface area contributed by atoms with Gasteiger partial charge in [0.05, 0.1) is 0 Å². The molecular formula is C25H30IN3OS. The molecule has 2 heterocycles. The van der Waals surface area contributed by atoms with Crippen LogP contribution >= 0.6 is 33.9 Å². The topological polar surface area (TPSA) is 44.4 Å². The van der Waals surface area contributed by atoms with Gasteiger partial charge >= 0.3 is 6.03 Å². The van der Waals surface area contributed by atoms with Crippen LogP contribution in [0.25, 0.3) is 10.1 Å². The first-order valence-electron chi connectivity index (χ1n) is 11.1. The summed E-state index contributed by atoms with van der Waals surface area (Å²) >= 11 is 4.12. The van der Waals surface area contributed by atoms with E-state index in [0.717, 1.165) is 14.9 Å². The molecule has 1 saturated heterocycles. The first-order chi connectivity index (χ1) is 15.0. The maximum Gasteiger partial charge on any atom is 0.323 e. The third-order valence-electron chi connectivity index (χ3n) is 6.08. The monoisotopic (exact) mass is 547 g/mol. The fourth-order valence-electron chi connectivity index (χ4n) is 4.51. The van der Waals surface area contributed by atoms with Crippen molar-refractivity contribution in [2.24, 2.45) is 0 Å². The molecule has 6 heteroatoms. The number of halogens is 1. The number of benzene rings is 2. The van der Waals surface area contributed by atoms with Crippen molar-refractivity contribution in [1.82, 2.24) is 4.90 Å². The van der Waals surface area contributed by atoms with E-state index < -0.39 is 0 Å². The highest BCUT2D eigenvalue weighted by Gasteiger charge is 2.24. The molecule has 1 aliphatic rings. The van der Waals surface area contributed by atoms with E-state index in [1.165, 1.54) is 65.8 Å². The fraction of sp³-hybridized carbons (Fsp3) is 0.400. The number of hydrogen-bond donors (Lipinski definition) is 2. The Morgan fingerprint density at radius 2 is 1.87 bits per heavy atom. The Balaban J connectivity index is 1.48. The summed E-state index contributed by atoms with van der Waals surface area (Å²) in [7, 11) is 0. The van der Waals surface area contributed by atoms with E-state index in [-0.39, 0.29) is 6.03 Å². The molecule has 2 N–H and O–H groups in total. The summed E-state index contributed by atoms with van der Waals surface area (Å²) in [6.45, 7) is 8.13. The SMILES string of the molecule is CCCCN1CCC(c2c(C)sc3ccc(NC(=O)Nc4cccc(I)c4)cc23)CC1. The molecule has 0 aliphatic carbocycles. The molecule has 1 aliphatic heterocycles. The van der Waals surface area contributed by atoms with Crippen LogP contribution in [0.3, 0.4) is 0 Å². The number of likely N-dealkylation sites (tertiary alicyclic amines) is 1. The van der Waals surface area contributed by atoms with Crippen molar-refractivity contribution in [2.75, 3.05) is 30.3 Å². The van der Waals surface area contributed by atoms with Crippen molar-refractivity contribution in [3.05, 3.63) is 56.5 Å². The minimum Gasteiger partial charge on any atom is -0.308 e. The van der Waals surface area contributed by atoms with Crippen LogP contribution in [0.5, 0.6) is 0 Å². The van der Waals surface area contributed by atoms with E-state index in [9.17, 15) is 4.79 Å². The smallest absolute Gasteiger partial charge is 0.308 e. The average molecular weight is 548 g/mol. The van der Waals surface area contributed by atoms with Gasteiger partial charge in [0.25, 0.3) is 0 Å². The number of rotatable bonds is 6. The molecule has 4 rings (SSSR count). The highest BCUT2D eigenvalue weighted by Crippen LogP contribution is 2.41. The molecule has 3 aromatic rings. The molecule has 0 spiro atoms. The molecule has 2 aromatic carbocycles. The number of nitrogens with zero attached hydrogens (tertiary/aromatic N) is 1. The molecular weight excluding hydrogens is 517 g/mol. The number of aryl methyl sites for hydroxylation is 1. The minimum absolute atomic E-state index is 0.209. The zero-order chi connectivity index (χ0) is 21.8. The Morgan fingerprint density at radius 1 is 1.13 bits per heavy atom. The normalized spacial score (nSPS) is 15.3. The molecule has 2 amide bonds. The highest BCUT2D eigenvalue weighted by atomic mass is 127. The van der Waals surface area contributed by atoms with E-state index in [1.54, 1.807) is 0 Å². The zero-order valence-electron chi connectivity index (χ0n) is 18.2. The van der Waals surface area contributed by atoms with Gasteiger partial charge in [-0.3, -0.25) is 0 Å². The molecule has 0 saturated carbocycles. The number of fused-ring (bicyclic) bond motifs is 1. The summed E-state index contributed by atoms with van der Waals surface area (Å²) in [4.78, 5) is 16.6. The number of carbonyl (C=O) groups excluding carboxylic acids is 1. The van der Waals surface area contributed by atoms with Crippen molar-refractivity contribution < 1.29 is 4.79 Å². The largest absolute Gasteiger partial charge is 0.323 e. The standard InChI is InChI=1S/C25H30IN3OS/c1-3-4-12-29-13-10-18(11-14-29)24-17(2)31-23-9-8-21(16-22(23)24)28-25(30)27-20-7-5-6-19(26)15-20/h5-9,15-16,18H,3-4,10-14H2,1-2H3,(H2,27,28,30). The molecule has 1 fully saturated rings. The van der Waals surface area contributed by atoms with Crippen LogP contribution in [-0.4, -0.2) is 30.6 Å². The summed E-state index contributed by atoms with van der Waals surface area (Å²) in [5.41, 5.74) is 3.14. The van der Waals surface area contributed by atoms with Gasteiger partial charge in [-0.05, 0) is 122 Å². The third kappa shape index (κ3) is 5.59. The number of amides is 2. The first kappa shape index (κ1) is 22.6. The number of carbonyl (C=O) groups is 1. The molecule has 0 bridgehead atoms. The Hall–Kier alpha value is -1.64. The van der Waals surface area contributed by atoms with Crippen molar-refractivity contribution in [3.63, 3.8) is 0 Å². The van der Waals surface area contributed by atoms with Gasteiger partial charge in [-0.1, -0.05) is 19.4 Å². The molecule has 1 aromatic heterocycles. The number of thiophene rings is 1. The summed E-state index contributed by atoms with van der Waals surface area (Å²) in [5.74, 6) is 0.613. The second-order valence-electron chi connectivity index (χ2n) is 8.34. The van der Waals surface area contributed by atoms with Gasteiger partial charge < -0.3 is 15.5 Å². The highest BCUT2D eigenvalue weighted by molar-refractivity contribution is 14.1. The molecule has 31 heavy (non-hydrogen) atoms. The van der Waals surface area contributed by atoms with Gasteiger partial charge in [-0.25, -0.2) is 4.79 Å². The summed E-state index contributed by atoms with van der Waals surface area (Å²) in [5, 5.41) is 7.25. The third-order valence-corrected chi connectivity index (χ3v) is 7.85. The minimum atomic E-state index is -0.209. The Labute approximate surface area is 202 Å². The summed E-state index contributed by atoms with van der Waals surface area (Å²) in [6, 6.07) is 13.9. The number of anilines is 2. The van der Waals surface area contributed by atoms with E-state index >= 15 is 0 Å². The van der Waals surface area contributed by atoms with Crippen LogP contribution in [-0.2, 0) is 0 Å². The number of urea groups is 1. The van der Waals surface area contributed by atoms with Crippen molar-refractivity contribution in [1.29, 1.82) is 0 Å². The molecule has 0 unspecified atom stereocenters. The molecule has 0 atom stereocenters. The van der Waals surface area contributed by atoms with Crippen LogP contribution < -0.4 is 10.6 Å². The average Bonchev–Trinajstić information content (AvgIpc) is 3.07. The lowest BCUT2D eigenvalue weighted by Crippen LogP contribution is -2.33. The molecule has 0 radical (unpaired) electrons. The number of unbranched alkanes of at least 4 members (excludes halogenated alkanes) is 1. The van der Waals surface area contributed by atoms with Gasteiger partial charge in [0.2, 0.25) is 0 Å². The van der Waals surface area contributed by atoms with Gasteiger partial charge in [0.1, 0.15) is 0 Å². The van der Waals surface area contributed by atoms with Crippen molar-refractivity contribution in [2.45, 2.75) is 45.4 Å². The maximum atomic E-state index is 12.5.